The molecule has 8 nitrogen and oxygen atoms in total. The summed E-state index contributed by atoms with van der Waals surface area (Å²) < 4.78 is 3.45. The van der Waals surface area contributed by atoms with Crippen LogP contribution in [0.2, 0.25) is 0 Å². The number of hydrogen-bond acceptors (Lipinski definition) is 4. The molecule has 4 rings (SSSR count). The smallest absolute Gasteiger partial charge is 0.261 e. The fourth-order valence-corrected chi connectivity index (χ4v) is 3.31. The molecule has 1 saturated heterocycles. The number of anilines is 2. The van der Waals surface area contributed by atoms with Crippen LogP contribution in [-0.2, 0) is 16.6 Å². The average Bonchev–Trinajstić information content (AvgIpc) is 3.32. The zero-order chi connectivity index (χ0) is 19.7. The molecule has 1 N–H and O–H groups in total. The molecule has 0 saturated carbocycles. The lowest BCUT2D eigenvalue weighted by molar-refractivity contribution is -0.129. The maximum atomic E-state index is 12.7. The highest BCUT2D eigenvalue weighted by Crippen LogP contribution is 2.24. The molecule has 0 atom stereocenters. The second kappa shape index (κ2) is 7.15. The van der Waals surface area contributed by atoms with E-state index in [9.17, 15) is 14.4 Å². The first-order chi connectivity index (χ1) is 13.5. The molecule has 0 aliphatic carbocycles. The van der Waals surface area contributed by atoms with Gasteiger partial charge in [-0.1, -0.05) is 0 Å². The van der Waals surface area contributed by atoms with Gasteiger partial charge in [0.05, 0.1) is 11.9 Å². The number of nitrogens with one attached hydrogen (secondary N) is 1. The van der Waals surface area contributed by atoms with Gasteiger partial charge in [0, 0.05) is 38.0 Å². The van der Waals surface area contributed by atoms with Gasteiger partial charge in [-0.2, -0.15) is 5.10 Å². The monoisotopic (exact) mass is 377 g/mol. The molecule has 3 amide bonds. The quantitative estimate of drug-likeness (QED) is 0.708. The van der Waals surface area contributed by atoms with Crippen LogP contribution in [0.3, 0.4) is 0 Å². The first-order valence-corrected chi connectivity index (χ1v) is 8.97. The maximum absolute atomic E-state index is 12.7. The largest absolute Gasteiger partial charge is 0.322 e. The molecule has 0 spiro atoms. The van der Waals surface area contributed by atoms with Crippen LogP contribution in [0.15, 0.2) is 55.0 Å². The highest BCUT2D eigenvalue weighted by molar-refractivity contribution is 6.16. The van der Waals surface area contributed by atoms with Crippen molar-refractivity contribution in [2.24, 2.45) is 7.05 Å². The minimum absolute atomic E-state index is 0.195. The maximum Gasteiger partial charge on any atom is 0.261 e. The molecule has 1 fully saturated rings. The molecule has 1 aliphatic heterocycles. The van der Waals surface area contributed by atoms with E-state index in [1.807, 2.05) is 29.1 Å². The molecular weight excluding hydrogens is 358 g/mol. The van der Waals surface area contributed by atoms with E-state index < -0.39 is 0 Å². The molecule has 0 bridgehead atoms. The van der Waals surface area contributed by atoms with Crippen LogP contribution < -0.4 is 10.2 Å². The summed E-state index contributed by atoms with van der Waals surface area (Å²) in [5.74, 6) is -0.0298. The van der Waals surface area contributed by atoms with Crippen molar-refractivity contribution < 1.29 is 14.4 Å². The molecule has 8 heteroatoms. The van der Waals surface area contributed by atoms with Crippen molar-refractivity contribution in [3.05, 3.63) is 60.6 Å². The van der Waals surface area contributed by atoms with Crippen LogP contribution in [0, 0.1) is 0 Å². The predicted octanol–water partition coefficient (Wildman–Crippen LogP) is 2.51. The van der Waals surface area contributed by atoms with Crippen LogP contribution in [-0.4, -0.2) is 32.1 Å². The van der Waals surface area contributed by atoms with Gasteiger partial charge in [-0.05, 0) is 42.8 Å². The first-order valence-electron chi connectivity index (χ1n) is 8.97. The van der Waals surface area contributed by atoms with Gasteiger partial charge in [-0.25, -0.2) is 0 Å². The molecular formula is C20H19N5O3. The van der Waals surface area contributed by atoms with Crippen LogP contribution in [0.4, 0.5) is 11.4 Å². The first kappa shape index (κ1) is 17.7. The Balaban J connectivity index is 1.54. The fourth-order valence-electron chi connectivity index (χ4n) is 3.31. The number of carbonyl (C=O) groups excluding carboxylic acids is 3. The van der Waals surface area contributed by atoms with E-state index in [2.05, 4.69) is 10.4 Å². The number of imide groups is 1. The van der Waals surface area contributed by atoms with Gasteiger partial charge < -0.3 is 9.88 Å². The van der Waals surface area contributed by atoms with Crippen LogP contribution in [0.1, 0.15) is 29.6 Å². The Bertz CT molecular complexity index is 1020. The average molecular weight is 377 g/mol. The van der Waals surface area contributed by atoms with E-state index in [4.69, 9.17) is 0 Å². The van der Waals surface area contributed by atoms with Gasteiger partial charge in [-0.15, -0.1) is 0 Å². The van der Waals surface area contributed by atoms with E-state index in [1.165, 1.54) is 11.1 Å². The summed E-state index contributed by atoms with van der Waals surface area (Å²) >= 11 is 0. The molecule has 28 heavy (non-hydrogen) atoms. The van der Waals surface area contributed by atoms with Gasteiger partial charge in [-0.3, -0.25) is 24.0 Å². The molecule has 3 heterocycles. The van der Waals surface area contributed by atoms with Gasteiger partial charge in [0.1, 0.15) is 11.4 Å². The van der Waals surface area contributed by atoms with Crippen molar-refractivity contribution in [2.45, 2.75) is 19.3 Å². The third kappa shape index (κ3) is 3.20. The molecule has 1 aliphatic rings. The second-order valence-corrected chi connectivity index (χ2v) is 6.57. The predicted molar refractivity (Wildman–Crippen MR) is 103 cm³/mol. The summed E-state index contributed by atoms with van der Waals surface area (Å²) in [6.07, 6.45) is 6.53. The van der Waals surface area contributed by atoms with Crippen LogP contribution in [0.25, 0.3) is 5.82 Å². The molecule has 0 radical (unpaired) electrons. The Morgan fingerprint density at radius 3 is 2.32 bits per heavy atom. The van der Waals surface area contributed by atoms with E-state index in [0.717, 1.165) is 0 Å². The summed E-state index contributed by atoms with van der Waals surface area (Å²) in [6, 6.07) is 10.4. The number of hydrogen-bond donors (Lipinski definition) is 1. The lowest BCUT2D eigenvalue weighted by Crippen LogP contribution is -2.40. The number of nitrogens with zero attached hydrogens (tertiary/aromatic N) is 4. The minimum Gasteiger partial charge on any atom is -0.322 e. The SMILES string of the molecule is Cn1ncc(C(=O)Nc2ccc(N3C(=O)CCCC3=O)cc2)c1-n1cccc1. The Hall–Kier alpha value is -3.68. The number of benzene rings is 1. The van der Waals surface area contributed by atoms with Crippen LogP contribution >= 0.6 is 0 Å². The number of piperidine rings is 1. The van der Waals surface area contributed by atoms with Gasteiger partial charge in [0.15, 0.2) is 0 Å². The number of rotatable bonds is 4. The normalized spacial score (nSPS) is 14.4. The van der Waals surface area contributed by atoms with E-state index >= 15 is 0 Å². The van der Waals surface area contributed by atoms with Gasteiger partial charge >= 0.3 is 0 Å². The van der Waals surface area contributed by atoms with E-state index in [1.54, 1.807) is 36.0 Å². The van der Waals surface area contributed by atoms with Crippen molar-refractivity contribution in [2.75, 3.05) is 10.2 Å². The minimum atomic E-state index is -0.297. The third-order valence-electron chi connectivity index (χ3n) is 4.66. The summed E-state index contributed by atoms with van der Waals surface area (Å²) in [7, 11) is 1.77. The Morgan fingerprint density at radius 1 is 1.04 bits per heavy atom. The Kier molecular flexibility index (Phi) is 4.52. The molecule has 3 aromatic rings. The van der Waals surface area contributed by atoms with E-state index in [0.29, 0.717) is 42.0 Å². The lowest BCUT2D eigenvalue weighted by Gasteiger charge is -2.24. The Morgan fingerprint density at radius 2 is 1.68 bits per heavy atom. The number of aryl methyl sites for hydroxylation is 1. The highest BCUT2D eigenvalue weighted by atomic mass is 16.2. The summed E-state index contributed by atoms with van der Waals surface area (Å²) in [6.45, 7) is 0. The summed E-state index contributed by atoms with van der Waals surface area (Å²) in [4.78, 5) is 38.0. The number of carbonyl (C=O) groups is 3. The zero-order valence-corrected chi connectivity index (χ0v) is 15.3. The number of amides is 3. The van der Waals surface area contributed by atoms with E-state index in [-0.39, 0.29) is 17.7 Å². The van der Waals surface area contributed by atoms with Crippen molar-refractivity contribution in [1.29, 1.82) is 0 Å². The zero-order valence-electron chi connectivity index (χ0n) is 15.3. The highest BCUT2D eigenvalue weighted by Gasteiger charge is 2.27. The summed E-state index contributed by atoms with van der Waals surface area (Å²) in [5, 5.41) is 7.01. The third-order valence-corrected chi connectivity index (χ3v) is 4.66. The van der Waals surface area contributed by atoms with Crippen molar-refractivity contribution >= 4 is 29.1 Å². The number of aromatic nitrogens is 3. The lowest BCUT2D eigenvalue weighted by atomic mass is 10.1. The summed E-state index contributed by atoms with van der Waals surface area (Å²) in [5.41, 5.74) is 1.51. The van der Waals surface area contributed by atoms with Crippen molar-refractivity contribution in [3.8, 4) is 5.82 Å². The van der Waals surface area contributed by atoms with Gasteiger partial charge in [0.25, 0.3) is 5.91 Å². The van der Waals surface area contributed by atoms with Crippen molar-refractivity contribution in [3.63, 3.8) is 0 Å². The molecule has 0 unspecified atom stereocenters. The van der Waals surface area contributed by atoms with Crippen LogP contribution in [0.5, 0.6) is 0 Å². The fraction of sp³-hybridized carbons (Fsp3) is 0.200. The van der Waals surface area contributed by atoms with Gasteiger partial charge in [0.2, 0.25) is 11.8 Å². The Labute approximate surface area is 161 Å². The second-order valence-electron chi connectivity index (χ2n) is 6.57. The van der Waals surface area contributed by atoms with Crippen molar-refractivity contribution in [1.82, 2.24) is 14.3 Å². The molecule has 142 valence electrons. The molecule has 1 aromatic carbocycles. The topological polar surface area (TPSA) is 89.2 Å². The molecule has 2 aromatic heterocycles. The standard InChI is InChI=1S/C20H19N5O3/c1-23-20(24-11-2-3-12-24)16(13-21-23)19(28)22-14-7-9-15(10-8-14)25-17(26)5-4-6-18(25)27/h2-3,7-13H,4-6H2,1H3,(H,22,28).